The standard InChI is InChI=1S/C9H11N3O/c1-6-3-7(2)12(5-9(11)13)8(6)4-10/h3H,5H2,1-2H3,(H2,11,13). The third kappa shape index (κ3) is 1.70. The predicted molar refractivity (Wildman–Crippen MR) is 47.8 cm³/mol. The highest BCUT2D eigenvalue weighted by molar-refractivity contribution is 5.74. The average molecular weight is 177 g/mol. The van der Waals surface area contributed by atoms with Crippen molar-refractivity contribution in [2.75, 3.05) is 0 Å². The van der Waals surface area contributed by atoms with Crippen molar-refractivity contribution in [2.45, 2.75) is 20.4 Å². The van der Waals surface area contributed by atoms with Gasteiger partial charge in [-0.1, -0.05) is 0 Å². The van der Waals surface area contributed by atoms with Gasteiger partial charge in [0.25, 0.3) is 0 Å². The summed E-state index contributed by atoms with van der Waals surface area (Å²) in [5, 5.41) is 8.80. The Morgan fingerprint density at radius 1 is 1.69 bits per heavy atom. The summed E-state index contributed by atoms with van der Waals surface area (Å²) in [6.45, 7) is 3.75. The van der Waals surface area contributed by atoms with Crippen LogP contribution in [-0.4, -0.2) is 10.5 Å². The first kappa shape index (κ1) is 9.33. The van der Waals surface area contributed by atoms with Gasteiger partial charge in [-0.15, -0.1) is 0 Å². The van der Waals surface area contributed by atoms with Gasteiger partial charge >= 0.3 is 0 Å². The van der Waals surface area contributed by atoms with Gasteiger partial charge in [0.05, 0.1) is 0 Å². The van der Waals surface area contributed by atoms with Crippen LogP contribution in [0.15, 0.2) is 6.07 Å². The lowest BCUT2D eigenvalue weighted by molar-refractivity contribution is -0.118. The molecular weight excluding hydrogens is 166 g/mol. The second kappa shape index (κ2) is 3.31. The van der Waals surface area contributed by atoms with Crippen LogP contribution < -0.4 is 5.73 Å². The Balaban J connectivity index is 3.19. The van der Waals surface area contributed by atoms with Gasteiger partial charge in [0.2, 0.25) is 5.91 Å². The van der Waals surface area contributed by atoms with Crippen molar-refractivity contribution < 1.29 is 4.79 Å². The Kier molecular flexibility index (Phi) is 2.38. The Hall–Kier alpha value is -1.76. The van der Waals surface area contributed by atoms with Crippen LogP contribution in [0.1, 0.15) is 17.0 Å². The maximum absolute atomic E-state index is 10.7. The van der Waals surface area contributed by atoms with Gasteiger partial charge in [-0.3, -0.25) is 4.79 Å². The number of nitrogens with two attached hydrogens (primary N) is 1. The minimum atomic E-state index is -0.435. The number of carbonyl (C=O) groups is 1. The lowest BCUT2D eigenvalue weighted by Gasteiger charge is -2.03. The van der Waals surface area contributed by atoms with Gasteiger partial charge in [0.15, 0.2) is 0 Å². The first-order chi connectivity index (χ1) is 6.06. The van der Waals surface area contributed by atoms with Crippen LogP contribution in [-0.2, 0) is 11.3 Å². The minimum absolute atomic E-state index is 0.0720. The molecule has 1 rings (SSSR count). The third-order valence-corrected chi connectivity index (χ3v) is 1.91. The van der Waals surface area contributed by atoms with Crippen LogP contribution in [0.25, 0.3) is 0 Å². The first-order valence-corrected chi connectivity index (χ1v) is 3.91. The van der Waals surface area contributed by atoms with Crippen molar-refractivity contribution in [3.8, 4) is 6.07 Å². The number of amides is 1. The van der Waals surface area contributed by atoms with Crippen LogP contribution in [0.4, 0.5) is 0 Å². The van der Waals surface area contributed by atoms with Crippen molar-refractivity contribution in [1.82, 2.24) is 4.57 Å². The molecule has 0 spiro atoms. The zero-order chi connectivity index (χ0) is 10.0. The van der Waals surface area contributed by atoms with Gasteiger partial charge in [-0.05, 0) is 25.5 Å². The van der Waals surface area contributed by atoms with Gasteiger partial charge in [0.1, 0.15) is 18.3 Å². The number of aryl methyl sites for hydroxylation is 2. The SMILES string of the molecule is Cc1cc(C)n(CC(N)=O)c1C#N. The molecule has 0 aliphatic carbocycles. The summed E-state index contributed by atoms with van der Waals surface area (Å²) < 4.78 is 1.62. The molecule has 0 aliphatic heterocycles. The Morgan fingerprint density at radius 2 is 2.31 bits per heavy atom. The molecule has 4 heteroatoms. The van der Waals surface area contributed by atoms with E-state index in [1.165, 1.54) is 0 Å². The largest absolute Gasteiger partial charge is 0.368 e. The normalized spacial score (nSPS) is 9.62. The predicted octanol–water partition coefficient (Wildman–Crippen LogP) is 0.462. The second-order valence-electron chi connectivity index (χ2n) is 2.98. The summed E-state index contributed by atoms with van der Waals surface area (Å²) in [5.74, 6) is -0.435. The lowest BCUT2D eigenvalue weighted by Crippen LogP contribution is -2.20. The fraction of sp³-hybridized carbons (Fsp3) is 0.333. The highest BCUT2D eigenvalue weighted by atomic mass is 16.1. The Bertz CT molecular complexity index is 384. The fourth-order valence-electron chi connectivity index (χ4n) is 1.36. The molecule has 2 N–H and O–H groups in total. The molecule has 1 aromatic rings. The summed E-state index contributed by atoms with van der Waals surface area (Å²) in [7, 11) is 0. The van der Waals surface area contributed by atoms with Gasteiger partial charge in [-0.25, -0.2) is 0 Å². The molecule has 0 fully saturated rings. The zero-order valence-electron chi connectivity index (χ0n) is 7.66. The van der Waals surface area contributed by atoms with Gasteiger partial charge in [0, 0.05) is 5.69 Å². The van der Waals surface area contributed by atoms with E-state index in [0.717, 1.165) is 11.3 Å². The number of nitrogens with zero attached hydrogens (tertiary/aromatic N) is 2. The molecule has 0 unspecified atom stereocenters. The van der Waals surface area contributed by atoms with Crippen molar-refractivity contribution in [1.29, 1.82) is 5.26 Å². The number of primary amides is 1. The van der Waals surface area contributed by atoms with E-state index in [-0.39, 0.29) is 6.54 Å². The molecule has 0 saturated heterocycles. The monoisotopic (exact) mass is 177 g/mol. The number of hydrogen-bond donors (Lipinski definition) is 1. The van der Waals surface area contributed by atoms with Crippen molar-refractivity contribution in [3.63, 3.8) is 0 Å². The quantitative estimate of drug-likeness (QED) is 0.712. The van der Waals surface area contributed by atoms with E-state index in [9.17, 15) is 4.79 Å². The van der Waals surface area contributed by atoms with E-state index in [1.807, 2.05) is 26.0 Å². The van der Waals surface area contributed by atoms with E-state index in [1.54, 1.807) is 4.57 Å². The molecule has 0 aliphatic rings. The van der Waals surface area contributed by atoms with Crippen molar-refractivity contribution in [2.24, 2.45) is 5.73 Å². The van der Waals surface area contributed by atoms with Gasteiger partial charge < -0.3 is 10.3 Å². The van der Waals surface area contributed by atoms with Crippen LogP contribution in [0.5, 0.6) is 0 Å². The number of rotatable bonds is 2. The number of hydrogen-bond acceptors (Lipinski definition) is 2. The molecule has 1 amide bonds. The molecule has 0 aromatic carbocycles. The fourth-order valence-corrected chi connectivity index (χ4v) is 1.36. The maximum atomic E-state index is 10.7. The zero-order valence-corrected chi connectivity index (χ0v) is 7.66. The summed E-state index contributed by atoms with van der Waals surface area (Å²) in [6, 6.07) is 3.91. The molecular formula is C9H11N3O. The minimum Gasteiger partial charge on any atom is -0.368 e. The van der Waals surface area contributed by atoms with Crippen LogP contribution in [0.3, 0.4) is 0 Å². The van der Waals surface area contributed by atoms with E-state index in [0.29, 0.717) is 5.69 Å². The molecule has 0 atom stereocenters. The molecule has 13 heavy (non-hydrogen) atoms. The number of nitriles is 1. The smallest absolute Gasteiger partial charge is 0.237 e. The van der Waals surface area contributed by atoms with Crippen LogP contribution in [0.2, 0.25) is 0 Å². The first-order valence-electron chi connectivity index (χ1n) is 3.91. The van der Waals surface area contributed by atoms with E-state index < -0.39 is 5.91 Å². The van der Waals surface area contributed by atoms with Crippen molar-refractivity contribution in [3.05, 3.63) is 23.0 Å². The third-order valence-electron chi connectivity index (χ3n) is 1.91. The summed E-state index contributed by atoms with van der Waals surface area (Å²) in [5.41, 5.74) is 7.33. The van der Waals surface area contributed by atoms with E-state index in [2.05, 4.69) is 0 Å². The highest BCUT2D eigenvalue weighted by Crippen LogP contribution is 2.13. The summed E-state index contributed by atoms with van der Waals surface area (Å²) in [6.07, 6.45) is 0. The molecule has 0 saturated carbocycles. The van der Waals surface area contributed by atoms with Crippen LogP contribution in [0, 0.1) is 25.2 Å². The number of carbonyl (C=O) groups excluding carboxylic acids is 1. The molecule has 1 aromatic heterocycles. The Morgan fingerprint density at radius 3 is 2.77 bits per heavy atom. The molecule has 0 bridgehead atoms. The Labute approximate surface area is 76.6 Å². The number of aromatic nitrogens is 1. The average Bonchev–Trinajstić information content (AvgIpc) is 2.26. The summed E-state index contributed by atoms with van der Waals surface area (Å²) in [4.78, 5) is 10.7. The molecule has 4 nitrogen and oxygen atoms in total. The molecule has 1 heterocycles. The molecule has 68 valence electrons. The highest BCUT2D eigenvalue weighted by Gasteiger charge is 2.10. The lowest BCUT2D eigenvalue weighted by atomic mass is 10.3. The second-order valence-corrected chi connectivity index (χ2v) is 2.98. The van der Waals surface area contributed by atoms with Gasteiger partial charge in [-0.2, -0.15) is 5.26 Å². The maximum Gasteiger partial charge on any atom is 0.237 e. The topological polar surface area (TPSA) is 71.8 Å². The van der Waals surface area contributed by atoms with Crippen molar-refractivity contribution >= 4 is 5.91 Å². The van der Waals surface area contributed by atoms with Crippen LogP contribution >= 0.6 is 0 Å². The van der Waals surface area contributed by atoms with E-state index >= 15 is 0 Å². The van der Waals surface area contributed by atoms with E-state index in [4.69, 9.17) is 11.0 Å². The summed E-state index contributed by atoms with van der Waals surface area (Å²) >= 11 is 0. The molecule has 0 radical (unpaired) electrons.